The van der Waals surface area contributed by atoms with Gasteiger partial charge in [-0.2, -0.15) is 0 Å². The largest absolute Gasteiger partial charge is 0.480 e. The molecule has 0 spiro atoms. The number of carbonyl (C=O) groups excluding carboxylic acids is 2. The van der Waals surface area contributed by atoms with Crippen molar-refractivity contribution in [2.24, 2.45) is 5.92 Å². The van der Waals surface area contributed by atoms with Crippen LogP contribution in [-0.2, 0) is 14.3 Å². The van der Waals surface area contributed by atoms with Gasteiger partial charge in [0, 0.05) is 18.4 Å². The van der Waals surface area contributed by atoms with Gasteiger partial charge >= 0.3 is 5.97 Å². The van der Waals surface area contributed by atoms with Gasteiger partial charge in [0.05, 0.1) is 12.5 Å². The number of hydrogen-bond acceptors (Lipinski definition) is 4. The SMILES string of the molecule is COCC(C)C(=O)Nc1ccc(C(=O)NC(C)C(=O)O)cc1. The lowest BCUT2D eigenvalue weighted by Crippen LogP contribution is -2.38. The molecule has 0 aliphatic carbocycles. The van der Waals surface area contributed by atoms with Gasteiger partial charge in [-0.3, -0.25) is 14.4 Å². The Bertz CT molecular complexity index is 541. The Morgan fingerprint density at radius 1 is 1.18 bits per heavy atom. The Labute approximate surface area is 128 Å². The first-order valence-electron chi connectivity index (χ1n) is 6.78. The molecule has 0 aromatic heterocycles. The summed E-state index contributed by atoms with van der Waals surface area (Å²) in [5, 5.41) is 13.8. The summed E-state index contributed by atoms with van der Waals surface area (Å²) >= 11 is 0. The minimum atomic E-state index is -1.11. The molecule has 0 saturated heterocycles. The molecule has 0 radical (unpaired) electrons. The molecule has 2 unspecified atom stereocenters. The van der Waals surface area contributed by atoms with E-state index in [0.717, 1.165) is 0 Å². The minimum absolute atomic E-state index is 0.182. The van der Waals surface area contributed by atoms with E-state index in [1.165, 1.54) is 26.2 Å². The maximum atomic E-state index is 11.8. The number of aliphatic carboxylic acids is 1. The predicted molar refractivity (Wildman–Crippen MR) is 80.7 cm³/mol. The second-order valence-electron chi connectivity index (χ2n) is 4.96. The van der Waals surface area contributed by atoms with E-state index in [9.17, 15) is 14.4 Å². The summed E-state index contributed by atoms with van der Waals surface area (Å²) in [6, 6.07) is 5.22. The van der Waals surface area contributed by atoms with Crippen LogP contribution in [0.2, 0.25) is 0 Å². The molecule has 2 amide bonds. The number of carboxylic acid groups (broad SMARTS) is 1. The van der Waals surface area contributed by atoms with Gasteiger partial charge in [0.1, 0.15) is 6.04 Å². The molecule has 0 aliphatic rings. The number of rotatable bonds is 7. The van der Waals surface area contributed by atoms with Gasteiger partial charge in [-0.1, -0.05) is 6.92 Å². The first-order chi connectivity index (χ1) is 10.3. The van der Waals surface area contributed by atoms with Crippen LogP contribution in [0.5, 0.6) is 0 Å². The summed E-state index contributed by atoms with van der Waals surface area (Å²) in [4.78, 5) is 34.3. The van der Waals surface area contributed by atoms with Crippen LogP contribution in [0.1, 0.15) is 24.2 Å². The number of nitrogens with one attached hydrogen (secondary N) is 2. The first-order valence-corrected chi connectivity index (χ1v) is 6.78. The lowest BCUT2D eigenvalue weighted by Gasteiger charge is -2.12. The maximum Gasteiger partial charge on any atom is 0.325 e. The van der Waals surface area contributed by atoms with Crippen molar-refractivity contribution in [2.75, 3.05) is 19.0 Å². The molecule has 120 valence electrons. The van der Waals surface area contributed by atoms with Crippen LogP contribution < -0.4 is 10.6 Å². The van der Waals surface area contributed by atoms with Crippen molar-refractivity contribution < 1.29 is 24.2 Å². The van der Waals surface area contributed by atoms with Crippen LogP contribution in [0.4, 0.5) is 5.69 Å². The molecule has 0 heterocycles. The van der Waals surface area contributed by atoms with E-state index in [-0.39, 0.29) is 11.8 Å². The lowest BCUT2D eigenvalue weighted by atomic mass is 10.1. The number of anilines is 1. The molecular formula is C15H20N2O5. The van der Waals surface area contributed by atoms with Crippen molar-refractivity contribution >= 4 is 23.5 Å². The predicted octanol–water partition coefficient (Wildman–Crippen LogP) is 1.11. The number of amides is 2. The van der Waals surface area contributed by atoms with E-state index in [1.54, 1.807) is 19.1 Å². The quantitative estimate of drug-likeness (QED) is 0.700. The zero-order chi connectivity index (χ0) is 16.7. The zero-order valence-corrected chi connectivity index (χ0v) is 12.8. The highest BCUT2D eigenvalue weighted by Crippen LogP contribution is 2.11. The van der Waals surface area contributed by atoms with Crippen molar-refractivity contribution in [3.8, 4) is 0 Å². The van der Waals surface area contributed by atoms with E-state index in [2.05, 4.69) is 10.6 Å². The number of benzene rings is 1. The van der Waals surface area contributed by atoms with Crippen LogP contribution in [0.15, 0.2) is 24.3 Å². The topological polar surface area (TPSA) is 105 Å². The normalized spacial score (nSPS) is 13.0. The van der Waals surface area contributed by atoms with Gasteiger partial charge in [-0.15, -0.1) is 0 Å². The molecule has 0 fully saturated rings. The van der Waals surface area contributed by atoms with Gasteiger partial charge in [0.25, 0.3) is 5.91 Å². The highest BCUT2D eigenvalue weighted by atomic mass is 16.5. The monoisotopic (exact) mass is 308 g/mol. The number of carbonyl (C=O) groups is 3. The Kier molecular flexibility index (Phi) is 6.52. The zero-order valence-electron chi connectivity index (χ0n) is 12.8. The van der Waals surface area contributed by atoms with E-state index >= 15 is 0 Å². The average molecular weight is 308 g/mol. The Hall–Kier alpha value is -2.41. The first kappa shape index (κ1) is 17.6. The standard InChI is InChI=1S/C15H20N2O5/c1-9(8-22-3)13(18)17-12-6-4-11(5-7-12)14(19)16-10(2)15(20)21/h4-7,9-10H,8H2,1-3H3,(H,16,19)(H,17,18)(H,20,21). The van der Waals surface area contributed by atoms with Crippen molar-refractivity contribution in [1.82, 2.24) is 5.32 Å². The van der Waals surface area contributed by atoms with E-state index in [4.69, 9.17) is 9.84 Å². The summed E-state index contributed by atoms with van der Waals surface area (Å²) in [6.07, 6.45) is 0. The van der Waals surface area contributed by atoms with Crippen molar-refractivity contribution in [3.63, 3.8) is 0 Å². The van der Waals surface area contributed by atoms with Crippen LogP contribution in [0.25, 0.3) is 0 Å². The Morgan fingerprint density at radius 2 is 1.77 bits per heavy atom. The molecule has 1 rings (SSSR count). The molecule has 3 N–H and O–H groups in total. The Balaban J connectivity index is 2.65. The Morgan fingerprint density at radius 3 is 2.27 bits per heavy atom. The molecule has 0 aliphatic heterocycles. The van der Waals surface area contributed by atoms with Gasteiger partial charge in [-0.05, 0) is 31.2 Å². The van der Waals surface area contributed by atoms with Gasteiger partial charge in [0.15, 0.2) is 0 Å². The molecule has 22 heavy (non-hydrogen) atoms. The van der Waals surface area contributed by atoms with Crippen LogP contribution >= 0.6 is 0 Å². The summed E-state index contributed by atoms with van der Waals surface area (Å²) in [5.74, 6) is -2.06. The van der Waals surface area contributed by atoms with Crippen molar-refractivity contribution in [3.05, 3.63) is 29.8 Å². The average Bonchev–Trinajstić information content (AvgIpc) is 2.47. The van der Waals surface area contributed by atoms with Gasteiger partial charge < -0.3 is 20.5 Å². The third kappa shape index (κ3) is 5.17. The number of hydrogen-bond donors (Lipinski definition) is 3. The third-order valence-corrected chi connectivity index (χ3v) is 3.00. The minimum Gasteiger partial charge on any atom is -0.480 e. The molecule has 7 heteroatoms. The fraction of sp³-hybridized carbons (Fsp3) is 0.400. The van der Waals surface area contributed by atoms with Gasteiger partial charge in [-0.25, -0.2) is 0 Å². The van der Waals surface area contributed by atoms with E-state index in [1.807, 2.05) is 0 Å². The second kappa shape index (κ2) is 8.14. The van der Waals surface area contributed by atoms with Crippen LogP contribution in [-0.4, -0.2) is 42.6 Å². The number of methoxy groups -OCH3 is 1. The summed E-state index contributed by atoms with van der Waals surface area (Å²) < 4.78 is 4.91. The fourth-order valence-corrected chi connectivity index (χ4v) is 1.64. The summed E-state index contributed by atoms with van der Waals surface area (Å²) in [5.41, 5.74) is 0.867. The van der Waals surface area contributed by atoms with Crippen molar-refractivity contribution in [2.45, 2.75) is 19.9 Å². The summed E-state index contributed by atoms with van der Waals surface area (Å²) in [7, 11) is 1.52. The maximum absolute atomic E-state index is 11.8. The van der Waals surface area contributed by atoms with E-state index in [0.29, 0.717) is 17.9 Å². The molecule has 0 bridgehead atoms. The molecule has 2 atom stereocenters. The molecule has 1 aromatic rings. The molecule has 7 nitrogen and oxygen atoms in total. The smallest absolute Gasteiger partial charge is 0.325 e. The molecule has 1 aromatic carbocycles. The molecule has 0 saturated carbocycles. The summed E-state index contributed by atoms with van der Waals surface area (Å²) in [6.45, 7) is 3.44. The highest BCUT2D eigenvalue weighted by Gasteiger charge is 2.16. The fourth-order valence-electron chi connectivity index (χ4n) is 1.64. The third-order valence-electron chi connectivity index (χ3n) is 3.00. The van der Waals surface area contributed by atoms with Gasteiger partial charge in [0.2, 0.25) is 5.91 Å². The second-order valence-corrected chi connectivity index (χ2v) is 4.96. The van der Waals surface area contributed by atoms with E-state index < -0.39 is 17.9 Å². The number of carboxylic acids is 1. The van der Waals surface area contributed by atoms with Crippen molar-refractivity contribution in [1.29, 1.82) is 0 Å². The van der Waals surface area contributed by atoms with Crippen LogP contribution in [0, 0.1) is 5.92 Å². The van der Waals surface area contributed by atoms with Crippen LogP contribution in [0.3, 0.4) is 0 Å². The number of ether oxygens (including phenoxy) is 1. The highest BCUT2D eigenvalue weighted by molar-refractivity contribution is 5.97. The molecular weight excluding hydrogens is 288 g/mol. The lowest BCUT2D eigenvalue weighted by molar-refractivity contribution is -0.138.